The zero-order chi connectivity index (χ0) is 29.7. The fourth-order valence-corrected chi connectivity index (χ4v) is 4.19. The van der Waals surface area contributed by atoms with E-state index in [0.717, 1.165) is 11.8 Å². The zero-order valence-electron chi connectivity index (χ0n) is 22.9. The third kappa shape index (κ3) is 7.39. The van der Waals surface area contributed by atoms with Crippen LogP contribution in [-0.2, 0) is 12.8 Å². The first-order valence-electron chi connectivity index (χ1n) is 12.7. The number of nitrogens with one attached hydrogen (secondary N) is 1. The number of hydrogen-bond acceptors (Lipinski definition) is 6. The normalized spacial score (nSPS) is 10.7. The van der Waals surface area contributed by atoms with Gasteiger partial charge in [-0.3, -0.25) is 9.97 Å². The number of rotatable bonds is 6. The quantitative estimate of drug-likeness (QED) is 0.219. The number of aromatic amines is 1. The van der Waals surface area contributed by atoms with Gasteiger partial charge in [0.25, 0.3) is 0 Å². The molecular formula is C32H24ClF3N4O3. The number of alkyl halides is 3. The fraction of sp³-hybridized carbons (Fsp3) is 0.125. The summed E-state index contributed by atoms with van der Waals surface area (Å²) >= 11 is 0. The Kier molecular flexibility index (Phi) is 9.48. The SMILES string of the molecule is COc1ccccc1C#Cc1ccc(-c2nc(-c3c(OCc4cccc(C)n4)cccc3C(F)(F)F)[nH]c(=O)n2)cc1.Cl. The van der Waals surface area contributed by atoms with Gasteiger partial charge in [-0.2, -0.15) is 18.2 Å². The Balaban J connectivity index is 0.00000423. The van der Waals surface area contributed by atoms with Crippen LogP contribution in [0.4, 0.5) is 13.2 Å². The number of pyridine rings is 1. The van der Waals surface area contributed by atoms with Crippen molar-refractivity contribution in [2.45, 2.75) is 19.7 Å². The molecule has 5 rings (SSSR count). The number of benzene rings is 3. The highest BCUT2D eigenvalue weighted by atomic mass is 35.5. The Bertz CT molecular complexity index is 1860. The number of aromatic nitrogens is 4. The Hall–Kier alpha value is -5.14. The molecule has 0 amide bonds. The number of halogens is 4. The Morgan fingerprint density at radius 1 is 0.837 bits per heavy atom. The van der Waals surface area contributed by atoms with E-state index in [2.05, 4.69) is 31.8 Å². The van der Waals surface area contributed by atoms with Crippen molar-refractivity contribution in [3.63, 3.8) is 0 Å². The van der Waals surface area contributed by atoms with Crippen molar-refractivity contribution in [3.8, 4) is 46.1 Å². The lowest BCUT2D eigenvalue weighted by atomic mass is 10.0. The summed E-state index contributed by atoms with van der Waals surface area (Å²) in [6.45, 7) is 1.71. The van der Waals surface area contributed by atoms with E-state index in [4.69, 9.17) is 9.47 Å². The van der Waals surface area contributed by atoms with Crippen molar-refractivity contribution >= 4 is 12.4 Å². The molecule has 0 aliphatic carbocycles. The van der Waals surface area contributed by atoms with Gasteiger partial charge in [0.1, 0.15) is 23.9 Å². The molecule has 0 aliphatic heterocycles. The molecule has 0 atom stereocenters. The number of ether oxygens (including phenoxy) is 2. The number of aryl methyl sites for hydroxylation is 1. The lowest BCUT2D eigenvalue weighted by Gasteiger charge is -2.17. The lowest BCUT2D eigenvalue weighted by Crippen LogP contribution is -2.17. The van der Waals surface area contributed by atoms with Gasteiger partial charge in [-0.05, 0) is 67.6 Å². The summed E-state index contributed by atoms with van der Waals surface area (Å²) < 4.78 is 53.4. The summed E-state index contributed by atoms with van der Waals surface area (Å²) in [5.74, 6) is 6.23. The van der Waals surface area contributed by atoms with Gasteiger partial charge in [0.05, 0.1) is 29.5 Å². The second kappa shape index (κ2) is 13.2. The molecule has 7 nitrogen and oxygen atoms in total. The molecule has 1 N–H and O–H groups in total. The standard InChI is InChI=1S/C32H23F3N4O3.ClH/c1-20-7-5-9-24(36-20)19-42-27-12-6-10-25(32(33,34)35)28(27)30-37-29(38-31(40)39-30)23-17-14-21(15-18-23)13-16-22-8-3-4-11-26(22)41-2;/h3-12,14-15,17-18H,19H2,1-2H3,(H,37,38,39,40);1H. The van der Waals surface area contributed by atoms with Crippen LogP contribution in [0.15, 0.2) is 89.7 Å². The third-order valence-corrected chi connectivity index (χ3v) is 6.13. The van der Waals surface area contributed by atoms with E-state index in [1.54, 1.807) is 56.5 Å². The van der Waals surface area contributed by atoms with E-state index in [1.165, 1.54) is 12.1 Å². The number of hydrogen-bond donors (Lipinski definition) is 1. The molecule has 0 unspecified atom stereocenters. The molecule has 2 heterocycles. The van der Waals surface area contributed by atoms with Crippen LogP contribution in [0.1, 0.15) is 28.1 Å². The molecule has 0 spiro atoms. The molecular weight excluding hydrogens is 581 g/mol. The third-order valence-electron chi connectivity index (χ3n) is 6.13. The molecule has 0 radical (unpaired) electrons. The number of H-pyrrole nitrogens is 1. The summed E-state index contributed by atoms with van der Waals surface area (Å²) in [6.07, 6.45) is -4.75. The maximum atomic E-state index is 14.1. The largest absolute Gasteiger partial charge is 0.495 e. The van der Waals surface area contributed by atoms with Crippen molar-refractivity contribution in [2.24, 2.45) is 0 Å². The van der Waals surface area contributed by atoms with Crippen molar-refractivity contribution in [3.05, 3.63) is 123 Å². The average Bonchev–Trinajstić information content (AvgIpc) is 2.98. The van der Waals surface area contributed by atoms with E-state index >= 15 is 0 Å². The van der Waals surface area contributed by atoms with Crippen molar-refractivity contribution in [1.29, 1.82) is 0 Å². The Morgan fingerprint density at radius 2 is 1.56 bits per heavy atom. The number of methoxy groups -OCH3 is 1. The number of nitrogens with zero attached hydrogens (tertiary/aromatic N) is 3. The van der Waals surface area contributed by atoms with E-state index in [0.29, 0.717) is 28.1 Å². The monoisotopic (exact) mass is 604 g/mol. The van der Waals surface area contributed by atoms with Gasteiger partial charge in [-0.25, -0.2) is 9.78 Å². The summed E-state index contributed by atoms with van der Waals surface area (Å²) in [6, 6.07) is 22.8. The van der Waals surface area contributed by atoms with Crippen molar-refractivity contribution in [2.75, 3.05) is 7.11 Å². The molecule has 2 aromatic heterocycles. The van der Waals surface area contributed by atoms with E-state index in [1.807, 2.05) is 24.3 Å². The molecule has 0 fully saturated rings. The van der Waals surface area contributed by atoms with Crippen molar-refractivity contribution < 1.29 is 22.6 Å². The van der Waals surface area contributed by atoms with Crippen LogP contribution >= 0.6 is 12.4 Å². The van der Waals surface area contributed by atoms with Crippen LogP contribution in [0.5, 0.6) is 11.5 Å². The van der Waals surface area contributed by atoms with Gasteiger partial charge in [0.15, 0.2) is 5.82 Å². The van der Waals surface area contributed by atoms with Gasteiger partial charge in [0, 0.05) is 16.8 Å². The first-order chi connectivity index (χ1) is 20.2. The molecule has 0 bridgehead atoms. The maximum Gasteiger partial charge on any atom is 0.417 e. The van der Waals surface area contributed by atoms with E-state index < -0.39 is 23.0 Å². The summed E-state index contributed by atoms with van der Waals surface area (Å²) in [7, 11) is 1.56. The van der Waals surface area contributed by atoms with Gasteiger partial charge in [-0.1, -0.05) is 36.1 Å². The van der Waals surface area contributed by atoms with Crippen LogP contribution in [0.2, 0.25) is 0 Å². The predicted molar refractivity (Wildman–Crippen MR) is 158 cm³/mol. The van der Waals surface area contributed by atoms with Crippen LogP contribution in [0.3, 0.4) is 0 Å². The topological polar surface area (TPSA) is 90.0 Å². The van der Waals surface area contributed by atoms with Crippen LogP contribution < -0.4 is 15.2 Å². The molecule has 5 aromatic rings. The Labute approximate surface area is 251 Å². The molecule has 3 aromatic carbocycles. The fourth-order valence-electron chi connectivity index (χ4n) is 4.19. The molecule has 43 heavy (non-hydrogen) atoms. The average molecular weight is 605 g/mol. The van der Waals surface area contributed by atoms with Gasteiger partial charge >= 0.3 is 11.9 Å². The van der Waals surface area contributed by atoms with Crippen LogP contribution in [0, 0.1) is 18.8 Å². The molecule has 11 heteroatoms. The Morgan fingerprint density at radius 3 is 2.28 bits per heavy atom. The first kappa shape index (κ1) is 30.8. The molecule has 0 saturated heterocycles. The van der Waals surface area contributed by atoms with E-state index in [-0.39, 0.29) is 36.4 Å². The molecule has 0 aliphatic rings. The highest BCUT2D eigenvalue weighted by Crippen LogP contribution is 2.41. The minimum absolute atomic E-state index is 0. The number of para-hydroxylation sites is 1. The molecule has 218 valence electrons. The predicted octanol–water partition coefficient (Wildman–Crippen LogP) is 6.63. The smallest absolute Gasteiger partial charge is 0.417 e. The van der Waals surface area contributed by atoms with Gasteiger partial charge in [-0.15, -0.1) is 12.4 Å². The minimum Gasteiger partial charge on any atom is -0.495 e. The summed E-state index contributed by atoms with van der Waals surface area (Å²) in [5.41, 5.74) is 0.784. The molecule has 0 saturated carbocycles. The van der Waals surface area contributed by atoms with Crippen molar-refractivity contribution in [1.82, 2.24) is 19.9 Å². The second-order valence-corrected chi connectivity index (χ2v) is 9.09. The first-order valence-corrected chi connectivity index (χ1v) is 12.7. The second-order valence-electron chi connectivity index (χ2n) is 9.09. The maximum absolute atomic E-state index is 14.1. The highest BCUT2D eigenvalue weighted by molar-refractivity contribution is 5.85. The summed E-state index contributed by atoms with van der Waals surface area (Å²) in [5, 5.41) is 0. The zero-order valence-corrected chi connectivity index (χ0v) is 23.7. The minimum atomic E-state index is -4.75. The van der Waals surface area contributed by atoms with Crippen LogP contribution in [0.25, 0.3) is 22.8 Å². The lowest BCUT2D eigenvalue weighted by molar-refractivity contribution is -0.137. The highest BCUT2D eigenvalue weighted by Gasteiger charge is 2.36. The van der Waals surface area contributed by atoms with E-state index in [9.17, 15) is 18.0 Å². The van der Waals surface area contributed by atoms with Gasteiger partial charge < -0.3 is 9.47 Å². The van der Waals surface area contributed by atoms with Gasteiger partial charge in [0.2, 0.25) is 0 Å². The van der Waals surface area contributed by atoms with Crippen LogP contribution in [-0.4, -0.2) is 27.0 Å². The summed E-state index contributed by atoms with van der Waals surface area (Å²) in [4.78, 5) is 27.4.